The fraction of sp³-hybridized carbons (Fsp3) is 0.429. The Bertz CT molecular complexity index is 612. The largest absolute Gasteiger partial charge is 0.480 e. The highest BCUT2D eigenvalue weighted by Crippen LogP contribution is 2.18. The van der Waals surface area contributed by atoms with Crippen LogP contribution in [-0.2, 0) is 0 Å². The minimum atomic E-state index is 0.543. The van der Waals surface area contributed by atoms with E-state index in [1.807, 2.05) is 13.0 Å². The maximum Gasteiger partial charge on any atom is 0.233 e. The van der Waals surface area contributed by atoms with Gasteiger partial charge in [0.25, 0.3) is 0 Å². The summed E-state index contributed by atoms with van der Waals surface area (Å²) >= 11 is 0. The summed E-state index contributed by atoms with van der Waals surface area (Å²) in [5.74, 6) is 2.38. The second kappa shape index (κ2) is 5.90. The van der Waals surface area contributed by atoms with Crippen molar-refractivity contribution in [3.8, 4) is 5.88 Å². The van der Waals surface area contributed by atoms with Crippen LogP contribution >= 0.6 is 0 Å². The molecule has 1 aliphatic heterocycles. The Hall–Kier alpha value is -2.44. The third kappa shape index (κ3) is 3.01. The molecule has 7 heteroatoms. The first-order valence-electron chi connectivity index (χ1n) is 6.91. The molecule has 3 rings (SSSR count). The van der Waals surface area contributed by atoms with Gasteiger partial charge in [0.2, 0.25) is 5.88 Å². The minimum absolute atomic E-state index is 0.543. The third-order valence-electron chi connectivity index (χ3n) is 3.53. The number of rotatable bonds is 3. The van der Waals surface area contributed by atoms with Crippen molar-refractivity contribution in [3.05, 3.63) is 30.5 Å². The van der Waals surface area contributed by atoms with Gasteiger partial charge in [-0.2, -0.15) is 4.98 Å². The summed E-state index contributed by atoms with van der Waals surface area (Å²) in [6, 6.07) is 2.01. The molecular weight excluding hydrogens is 268 g/mol. The fourth-order valence-electron chi connectivity index (χ4n) is 2.37. The van der Waals surface area contributed by atoms with Crippen LogP contribution in [-0.4, -0.2) is 53.2 Å². The number of nitrogens with zero attached hydrogens (tertiary/aromatic N) is 6. The van der Waals surface area contributed by atoms with Crippen LogP contribution in [0.3, 0.4) is 0 Å². The van der Waals surface area contributed by atoms with E-state index in [1.54, 1.807) is 25.8 Å². The Morgan fingerprint density at radius 1 is 1.00 bits per heavy atom. The van der Waals surface area contributed by atoms with Crippen LogP contribution in [0, 0.1) is 6.92 Å². The molecule has 0 aliphatic carbocycles. The molecule has 7 nitrogen and oxygen atoms in total. The number of hydrogen-bond donors (Lipinski definition) is 0. The van der Waals surface area contributed by atoms with Gasteiger partial charge in [-0.1, -0.05) is 0 Å². The van der Waals surface area contributed by atoms with Crippen LogP contribution < -0.4 is 14.5 Å². The average Bonchev–Trinajstić information content (AvgIpc) is 2.55. The smallest absolute Gasteiger partial charge is 0.233 e. The molecule has 21 heavy (non-hydrogen) atoms. The minimum Gasteiger partial charge on any atom is -0.480 e. The van der Waals surface area contributed by atoms with E-state index >= 15 is 0 Å². The van der Waals surface area contributed by atoms with E-state index in [4.69, 9.17) is 4.74 Å². The van der Waals surface area contributed by atoms with Crippen molar-refractivity contribution in [3.63, 3.8) is 0 Å². The van der Waals surface area contributed by atoms with Crippen LogP contribution in [0.2, 0.25) is 0 Å². The lowest BCUT2D eigenvalue weighted by molar-refractivity contribution is 0.395. The standard InChI is InChI=1S/C14H18N6O/c1-11-7-12(17-10-16-11)19-3-5-20(6-4-19)13-8-15-9-14(18-13)21-2/h7-10H,3-6H2,1-2H3. The average molecular weight is 286 g/mol. The molecular formula is C14H18N6O. The molecule has 0 atom stereocenters. The molecule has 1 aliphatic rings. The van der Waals surface area contributed by atoms with Gasteiger partial charge in [0.05, 0.1) is 19.5 Å². The van der Waals surface area contributed by atoms with Gasteiger partial charge in [-0.3, -0.25) is 4.98 Å². The van der Waals surface area contributed by atoms with E-state index in [9.17, 15) is 0 Å². The van der Waals surface area contributed by atoms with E-state index in [1.165, 1.54) is 0 Å². The first-order valence-corrected chi connectivity index (χ1v) is 6.91. The van der Waals surface area contributed by atoms with Crippen molar-refractivity contribution in [2.24, 2.45) is 0 Å². The molecule has 0 aromatic carbocycles. The van der Waals surface area contributed by atoms with Crippen molar-refractivity contribution in [1.29, 1.82) is 0 Å². The van der Waals surface area contributed by atoms with Crippen molar-refractivity contribution in [2.45, 2.75) is 6.92 Å². The molecule has 2 aromatic rings. The normalized spacial score (nSPS) is 15.1. The van der Waals surface area contributed by atoms with Crippen LogP contribution in [0.1, 0.15) is 5.69 Å². The quantitative estimate of drug-likeness (QED) is 0.830. The second-order valence-electron chi connectivity index (χ2n) is 4.91. The van der Waals surface area contributed by atoms with Gasteiger partial charge >= 0.3 is 0 Å². The molecule has 0 N–H and O–H groups in total. The van der Waals surface area contributed by atoms with Gasteiger partial charge in [0.15, 0.2) is 5.82 Å². The highest BCUT2D eigenvalue weighted by Gasteiger charge is 2.19. The summed E-state index contributed by atoms with van der Waals surface area (Å²) in [6.07, 6.45) is 5.00. The highest BCUT2D eigenvalue weighted by molar-refractivity contribution is 5.44. The molecule has 2 aromatic heterocycles. The maximum atomic E-state index is 5.12. The van der Waals surface area contributed by atoms with Crippen molar-refractivity contribution in [2.75, 3.05) is 43.1 Å². The number of aromatic nitrogens is 4. The molecule has 1 fully saturated rings. The first-order chi connectivity index (χ1) is 10.3. The molecule has 0 saturated carbocycles. The lowest BCUT2D eigenvalue weighted by Crippen LogP contribution is -2.47. The number of piperazine rings is 1. The Labute approximate surface area is 123 Å². The number of hydrogen-bond acceptors (Lipinski definition) is 7. The molecule has 0 spiro atoms. The van der Waals surface area contributed by atoms with Gasteiger partial charge in [-0.25, -0.2) is 9.97 Å². The molecule has 0 amide bonds. The number of ether oxygens (including phenoxy) is 1. The number of anilines is 2. The molecule has 0 bridgehead atoms. The summed E-state index contributed by atoms with van der Waals surface area (Å²) in [5, 5.41) is 0. The maximum absolute atomic E-state index is 5.12. The van der Waals surface area contributed by atoms with Crippen molar-refractivity contribution >= 4 is 11.6 Å². The zero-order valence-corrected chi connectivity index (χ0v) is 12.2. The van der Waals surface area contributed by atoms with E-state index in [0.29, 0.717) is 5.88 Å². The van der Waals surface area contributed by atoms with E-state index in [-0.39, 0.29) is 0 Å². The fourth-order valence-corrected chi connectivity index (χ4v) is 2.37. The Morgan fingerprint density at radius 2 is 1.71 bits per heavy atom. The topological polar surface area (TPSA) is 67.3 Å². The highest BCUT2D eigenvalue weighted by atomic mass is 16.5. The van der Waals surface area contributed by atoms with Crippen molar-refractivity contribution in [1.82, 2.24) is 19.9 Å². The molecule has 0 radical (unpaired) electrons. The summed E-state index contributed by atoms with van der Waals surface area (Å²) in [5.41, 5.74) is 0.987. The summed E-state index contributed by atoms with van der Waals surface area (Å²) in [6.45, 7) is 5.54. The molecule has 0 unspecified atom stereocenters. The molecule has 110 valence electrons. The number of aryl methyl sites for hydroxylation is 1. The van der Waals surface area contributed by atoms with Crippen LogP contribution in [0.4, 0.5) is 11.6 Å². The van der Waals surface area contributed by atoms with Crippen LogP contribution in [0.15, 0.2) is 24.8 Å². The predicted molar refractivity (Wildman–Crippen MR) is 79.8 cm³/mol. The van der Waals surface area contributed by atoms with Gasteiger partial charge < -0.3 is 14.5 Å². The predicted octanol–water partition coefficient (Wildman–Crippen LogP) is 0.910. The van der Waals surface area contributed by atoms with Gasteiger partial charge in [-0.05, 0) is 6.92 Å². The zero-order valence-electron chi connectivity index (χ0n) is 12.2. The first kappa shape index (κ1) is 13.5. The third-order valence-corrected chi connectivity index (χ3v) is 3.53. The number of methoxy groups -OCH3 is 1. The Balaban J connectivity index is 1.67. The van der Waals surface area contributed by atoms with Gasteiger partial charge in [0, 0.05) is 37.9 Å². The van der Waals surface area contributed by atoms with Gasteiger partial charge in [-0.15, -0.1) is 0 Å². The summed E-state index contributed by atoms with van der Waals surface area (Å²) < 4.78 is 5.12. The molecule has 1 saturated heterocycles. The van der Waals surface area contributed by atoms with Crippen molar-refractivity contribution < 1.29 is 4.74 Å². The lowest BCUT2D eigenvalue weighted by Gasteiger charge is -2.35. The zero-order chi connectivity index (χ0) is 14.7. The Morgan fingerprint density at radius 3 is 2.38 bits per heavy atom. The van der Waals surface area contributed by atoms with E-state index in [0.717, 1.165) is 43.5 Å². The summed E-state index contributed by atoms with van der Waals surface area (Å²) in [4.78, 5) is 21.5. The van der Waals surface area contributed by atoms with E-state index in [2.05, 4.69) is 29.7 Å². The Kier molecular flexibility index (Phi) is 3.81. The second-order valence-corrected chi connectivity index (χ2v) is 4.91. The van der Waals surface area contributed by atoms with Crippen LogP contribution in [0.5, 0.6) is 5.88 Å². The monoisotopic (exact) mass is 286 g/mol. The lowest BCUT2D eigenvalue weighted by atomic mass is 10.3. The SMILES string of the molecule is COc1cncc(N2CCN(c3cc(C)ncn3)CC2)n1. The summed E-state index contributed by atoms with van der Waals surface area (Å²) in [7, 11) is 1.60. The van der Waals surface area contributed by atoms with Gasteiger partial charge in [0.1, 0.15) is 12.1 Å². The van der Waals surface area contributed by atoms with E-state index < -0.39 is 0 Å². The molecule has 3 heterocycles. The van der Waals surface area contributed by atoms with Crippen LogP contribution in [0.25, 0.3) is 0 Å².